The molecule has 2 saturated heterocycles. The van der Waals surface area contributed by atoms with Crippen LogP contribution in [-0.4, -0.2) is 56.9 Å². The van der Waals surface area contributed by atoms with E-state index in [9.17, 15) is 14.7 Å². The molecule has 210 valence electrons. The zero-order valence-corrected chi connectivity index (χ0v) is 23.3. The Hall–Kier alpha value is -3.98. The second kappa shape index (κ2) is 10.9. The van der Waals surface area contributed by atoms with Crippen molar-refractivity contribution in [2.45, 2.75) is 69.7 Å². The van der Waals surface area contributed by atoms with Gasteiger partial charge in [-0.2, -0.15) is 0 Å². The van der Waals surface area contributed by atoms with Crippen molar-refractivity contribution in [1.82, 2.24) is 15.1 Å². The number of hydrogen-bond donors (Lipinski definition) is 2. The highest BCUT2D eigenvalue weighted by Crippen LogP contribution is 2.42. The second-order valence-electron chi connectivity index (χ2n) is 11.5. The molecule has 2 fully saturated rings. The maximum absolute atomic E-state index is 13.3. The Kier molecular flexibility index (Phi) is 7.51. The van der Waals surface area contributed by atoms with Crippen LogP contribution in [0.5, 0.6) is 0 Å². The molecule has 3 atom stereocenters. The van der Waals surface area contributed by atoms with Crippen LogP contribution in [0.1, 0.15) is 63.6 Å². The van der Waals surface area contributed by atoms with Gasteiger partial charge in [-0.25, -0.2) is 4.79 Å². The summed E-state index contributed by atoms with van der Waals surface area (Å²) in [6, 6.07) is 20.8. The molecule has 0 radical (unpaired) electrons. The van der Waals surface area contributed by atoms with Crippen LogP contribution in [-0.2, 0) is 15.1 Å². The SMILES string of the molecule is C[C@@H](c1ccc(-c2ccc(N3CCC[C@@H]3C(N)=O)nn2)cc1)N1CC[C@](CC(C)(C)O)(c2ccccc2)OC1=O. The zero-order valence-electron chi connectivity index (χ0n) is 23.3. The molecule has 9 heteroatoms. The Morgan fingerprint density at radius 2 is 1.82 bits per heavy atom. The summed E-state index contributed by atoms with van der Waals surface area (Å²) in [5.41, 5.74) is 7.14. The Labute approximate surface area is 235 Å². The third-order valence-corrected chi connectivity index (χ3v) is 7.97. The fourth-order valence-corrected chi connectivity index (χ4v) is 5.97. The summed E-state index contributed by atoms with van der Waals surface area (Å²) in [5.74, 6) is 0.309. The van der Waals surface area contributed by atoms with E-state index in [1.807, 2.05) is 78.6 Å². The Morgan fingerprint density at radius 1 is 1.10 bits per heavy atom. The minimum absolute atomic E-state index is 0.202. The van der Waals surface area contributed by atoms with Crippen LogP contribution in [0.15, 0.2) is 66.7 Å². The van der Waals surface area contributed by atoms with E-state index in [2.05, 4.69) is 10.2 Å². The number of carbonyl (C=O) groups excluding carboxylic acids is 2. The topological polar surface area (TPSA) is 122 Å². The van der Waals surface area contributed by atoms with Gasteiger partial charge in [0.25, 0.3) is 0 Å². The van der Waals surface area contributed by atoms with E-state index in [0.29, 0.717) is 25.2 Å². The van der Waals surface area contributed by atoms with Gasteiger partial charge in [-0.15, -0.1) is 10.2 Å². The smallest absolute Gasteiger partial charge is 0.411 e. The van der Waals surface area contributed by atoms with Crippen molar-refractivity contribution < 1.29 is 19.4 Å². The molecule has 0 bridgehead atoms. The van der Waals surface area contributed by atoms with Gasteiger partial charge < -0.3 is 25.4 Å². The molecule has 0 aliphatic carbocycles. The Balaban J connectivity index is 1.28. The minimum Gasteiger partial charge on any atom is -0.438 e. The molecule has 3 aromatic rings. The summed E-state index contributed by atoms with van der Waals surface area (Å²) in [5, 5.41) is 19.4. The average Bonchev–Trinajstić information content (AvgIpc) is 3.43. The van der Waals surface area contributed by atoms with Crippen molar-refractivity contribution in [2.24, 2.45) is 5.73 Å². The van der Waals surface area contributed by atoms with E-state index in [-0.39, 0.29) is 18.0 Å². The van der Waals surface area contributed by atoms with Crippen molar-refractivity contribution in [3.05, 3.63) is 77.9 Å². The maximum atomic E-state index is 13.3. The third kappa shape index (κ3) is 5.65. The largest absolute Gasteiger partial charge is 0.438 e. The monoisotopic (exact) mass is 543 g/mol. The number of cyclic esters (lactones) is 1. The van der Waals surface area contributed by atoms with Gasteiger partial charge >= 0.3 is 6.09 Å². The first-order valence-corrected chi connectivity index (χ1v) is 13.8. The number of nitrogens with two attached hydrogens (primary N) is 1. The number of aliphatic hydroxyl groups is 1. The van der Waals surface area contributed by atoms with Crippen LogP contribution in [0.4, 0.5) is 10.6 Å². The third-order valence-electron chi connectivity index (χ3n) is 7.97. The number of ether oxygens (including phenoxy) is 1. The average molecular weight is 544 g/mol. The lowest BCUT2D eigenvalue weighted by molar-refractivity contribution is -0.119. The van der Waals surface area contributed by atoms with E-state index < -0.39 is 17.3 Å². The predicted molar refractivity (Wildman–Crippen MR) is 152 cm³/mol. The molecular weight excluding hydrogens is 506 g/mol. The van der Waals surface area contributed by atoms with E-state index in [1.165, 1.54) is 0 Å². The number of anilines is 1. The number of benzene rings is 2. The van der Waals surface area contributed by atoms with Gasteiger partial charge in [-0.05, 0) is 56.9 Å². The Morgan fingerprint density at radius 3 is 2.42 bits per heavy atom. The van der Waals surface area contributed by atoms with Crippen molar-refractivity contribution in [3.63, 3.8) is 0 Å². The number of hydrogen-bond acceptors (Lipinski definition) is 7. The van der Waals surface area contributed by atoms with Gasteiger partial charge in [0, 0.05) is 31.5 Å². The van der Waals surface area contributed by atoms with Crippen molar-refractivity contribution in [1.29, 1.82) is 0 Å². The number of primary amides is 1. The van der Waals surface area contributed by atoms with Crippen LogP contribution in [0.25, 0.3) is 11.3 Å². The zero-order chi connectivity index (χ0) is 28.5. The fourth-order valence-electron chi connectivity index (χ4n) is 5.97. The van der Waals surface area contributed by atoms with Crippen LogP contribution in [0.2, 0.25) is 0 Å². The van der Waals surface area contributed by atoms with Crippen molar-refractivity contribution in [2.75, 3.05) is 18.0 Å². The van der Waals surface area contributed by atoms with Gasteiger partial charge in [0.1, 0.15) is 11.6 Å². The van der Waals surface area contributed by atoms with Crippen molar-refractivity contribution >= 4 is 17.8 Å². The van der Waals surface area contributed by atoms with Crippen LogP contribution in [0, 0.1) is 0 Å². The number of nitrogens with zero attached hydrogens (tertiary/aromatic N) is 4. The number of aromatic nitrogens is 2. The molecular formula is C31H37N5O4. The molecule has 5 rings (SSSR count). The summed E-state index contributed by atoms with van der Waals surface area (Å²) in [7, 11) is 0. The molecule has 2 aliphatic rings. The quantitative estimate of drug-likeness (QED) is 0.427. The summed E-state index contributed by atoms with van der Waals surface area (Å²) < 4.78 is 6.14. The summed E-state index contributed by atoms with van der Waals surface area (Å²) in [4.78, 5) is 28.7. The van der Waals surface area contributed by atoms with Gasteiger partial charge in [0.15, 0.2) is 5.82 Å². The predicted octanol–water partition coefficient (Wildman–Crippen LogP) is 4.56. The van der Waals surface area contributed by atoms with E-state index in [0.717, 1.165) is 41.8 Å². The lowest BCUT2D eigenvalue weighted by Crippen LogP contribution is -2.51. The van der Waals surface area contributed by atoms with Crippen LogP contribution >= 0.6 is 0 Å². The number of rotatable bonds is 8. The first kappa shape index (κ1) is 27.6. The highest BCUT2D eigenvalue weighted by atomic mass is 16.6. The van der Waals surface area contributed by atoms with Crippen molar-refractivity contribution in [3.8, 4) is 11.3 Å². The molecule has 3 N–H and O–H groups in total. The molecule has 2 aromatic carbocycles. The summed E-state index contributed by atoms with van der Waals surface area (Å²) in [6.45, 7) is 6.70. The molecule has 9 nitrogen and oxygen atoms in total. The van der Waals surface area contributed by atoms with Crippen LogP contribution < -0.4 is 10.6 Å². The molecule has 0 unspecified atom stereocenters. The first-order valence-electron chi connectivity index (χ1n) is 13.8. The number of carbonyl (C=O) groups is 2. The molecule has 2 aliphatic heterocycles. The molecule has 0 spiro atoms. The van der Waals surface area contributed by atoms with Gasteiger partial charge in [0.2, 0.25) is 5.91 Å². The molecule has 3 heterocycles. The lowest BCUT2D eigenvalue weighted by atomic mass is 9.80. The van der Waals surface area contributed by atoms with Gasteiger partial charge in [-0.1, -0.05) is 54.6 Å². The molecule has 0 saturated carbocycles. The Bertz CT molecular complexity index is 1340. The minimum atomic E-state index is -1.00. The molecule has 1 aromatic heterocycles. The highest BCUT2D eigenvalue weighted by Gasteiger charge is 2.46. The molecule has 40 heavy (non-hydrogen) atoms. The lowest BCUT2D eigenvalue weighted by Gasteiger charge is -2.45. The van der Waals surface area contributed by atoms with Gasteiger partial charge in [0.05, 0.1) is 17.3 Å². The number of amides is 2. The fraction of sp³-hybridized carbons (Fsp3) is 0.419. The van der Waals surface area contributed by atoms with E-state index in [4.69, 9.17) is 10.5 Å². The first-order chi connectivity index (χ1) is 19.1. The molecule has 2 amide bonds. The normalized spacial score (nSPS) is 22.2. The standard InChI is InChI=1S/C31H37N5O4/c1-21(35-19-17-31(40-29(35)38,20-30(2,3)39)24-8-5-4-6-9-24)22-11-13-23(14-12-22)25-15-16-27(34-33-25)36-18-7-10-26(36)28(32)37/h4-6,8-9,11-16,21,26,39H,7,10,17-20H2,1-3H3,(H2,32,37)/t21-,26+,31-/m0/s1. The van der Waals surface area contributed by atoms with E-state index >= 15 is 0 Å². The highest BCUT2D eigenvalue weighted by molar-refractivity contribution is 5.84. The van der Waals surface area contributed by atoms with Crippen LogP contribution in [0.3, 0.4) is 0 Å². The second-order valence-corrected chi connectivity index (χ2v) is 11.5. The summed E-state index contributed by atoms with van der Waals surface area (Å²) >= 11 is 0. The van der Waals surface area contributed by atoms with E-state index in [1.54, 1.807) is 18.7 Å². The van der Waals surface area contributed by atoms with Gasteiger partial charge in [-0.3, -0.25) is 4.79 Å². The maximum Gasteiger partial charge on any atom is 0.411 e. The summed E-state index contributed by atoms with van der Waals surface area (Å²) in [6.07, 6.45) is 2.12.